The van der Waals surface area contributed by atoms with Crippen LogP contribution in [0.15, 0.2) is 30.6 Å². The highest BCUT2D eigenvalue weighted by molar-refractivity contribution is 5.83. The summed E-state index contributed by atoms with van der Waals surface area (Å²) in [6.07, 6.45) is 6.36. The first-order chi connectivity index (χ1) is 11.2. The molecule has 3 heterocycles. The number of pyridine rings is 1. The summed E-state index contributed by atoms with van der Waals surface area (Å²) in [6, 6.07) is 5.93. The van der Waals surface area contributed by atoms with Gasteiger partial charge in [0.1, 0.15) is 5.65 Å². The van der Waals surface area contributed by atoms with Crippen LogP contribution in [0, 0.1) is 5.41 Å². The number of piperidine rings is 1. The van der Waals surface area contributed by atoms with Crippen LogP contribution in [-0.2, 0) is 16.0 Å². The molecule has 1 fully saturated rings. The molecule has 2 aromatic heterocycles. The quantitative estimate of drug-likeness (QED) is 0.835. The van der Waals surface area contributed by atoms with Gasteiger partial charge in [0.2, 0.25) is 5.91 Å². The molecule has 0 saturated carbocycles. The van der Waals surface area contributed by atoms with E-state index in [1.165, 1.54) is 0 Å². The second kappa shape index (κ2) is 7.10. The lowest BCUT2D eigenvalue weighted by atomic mass is 9.78. The third-order valence-electron chi connectivity index (χ3n) is 4.54. The fourth-order valence-corrected chi connectivity index (χ4v) is 3.22. The molecule has 0 spiro atoms. The van der Waals surface area contributed by atoms with E-state index in [0.29, 0.717) is 13.2 Å². The van der Waals surface area contributed by atoms with Gasteiger partial charge in [0, 0.05) is 32.5 Å². The summed E-state index contributed by atoms with van der Waals surface area (Å²) < 4.78 is 7.30. The van der Waals surface area contributed by atoms with E-state index >= 15 is 0 Å². The van der Waals surface area contributed by atoms with Gasteiger partial charge in [0.05, 0.1) is 17.7 Å². The van der Waals surface area contributed by atoms with E-state index in [9.17, 15) is 4.79 Å². The van der Waals surface area contributed by atoms with Crippen molar-refractivity contribution in [2.24, 2.45) is 5.41 Å². The molecule has 2 N–H and O–H groups in total. The number of nitrogens with zero attached hydrogens (tertiary/aromatic N) is 2. The summed E-state index contributed by atoms with van der Waals surface area (Å²) in [5.41, 5.74) is 1.53. The maximum absolute atomic E-state index is 12.6. The molecule has 3 rings (SSSR count). The van der Waals surface area contributed by atoms with Gasteiger partial charge in [-0.1, -0.05) is 6.07 Å². The molecule has 0 unspecified atom stereocenters. The predicted octanol–water partition coefficient (Wildman–Crippen LogP) is 1.01. The van der Waals surface area contributed by atoms with Gasteiger partial charge in [-0.25, -0.2) is 4.98 Å². The van der Waals surface area contributed by atoms with Gasteiger partial charge in [-0.15, -0.1) is 0 Å². The van der Waals surface area contributed by atoms with Crippen molar-refractivity contribution >= 4 is 11.6 Å². The zero-order chi connectivity index (χ0) is 16.1. The lowest BCUT2D eigenvalue weighted by molar-refractivity contribution is -0.136. The second-order valence-corrected chi connectivity index (χ2v) is 6.17. The first kappa shape index (κ1) is 16.0. The summed E-state index contributed by atoms with van der Waals surface area (Å²) in [7, 11) is 1.66. The number of methoxy groups -OCH3 is 1. The normalized spacial score (nSPS) is 17.3. The minimum absolute atomic E-state index is 0.101. The third-order valence-corrected chi connectivity index (χ3v) is 4.54. The van der Waals surface area contributed by atoms with Gasteiger partial charge in [-0.3, -0.25) is 4.79 Å². The fourth-order valence-electron chi connectivity index (χ4n) is 3.22. The monoisotopic (exact) mass is 316 g/mol. The number of hydrogen-bond donors (Lipinski definition) is 2. The Kier molecular flexibility index (Phi) is 4.93. The van der Waals surface area contributed by atoms with Crippen molar-refractivity contribution in [2.75, 3.05) is 33.4 Å². The first-order valence-corrected chi connectivity index (χ1v) is 8.14. The zero-order valence-corrected chi connectivity index (χ0v) is 13.5. The Morgan fingerprint density at radius 2 is 2.26 bits per heavy atom. The van der Waals surface area contributed by atoms with Crippen molar-refractivity contribution in [3.63, 3.8) is 0 Å². The van der Waals surface area contributed by atoms with Crippen LogP contribution in [0.5, 0.6) is 0 Å². The highest BCUT2D eigenvalue weighted by Gasteiger charge is 2.39. The van der Waals surface area contributed by atoms with Crippen LogP contribution >= 0.6 is 0 Å². The Balaban J connectivity index is 1.57. The summed E-state index contributed by atoms with van der Waals surface area (Å²) in [5, 5.41) is 6.38. The van der Waals surface area contributed by atoms with E-state index in [1.54, 1.807) is 7.11 Å². The van der Waals surface area contributed by atoms with Crippen molar-refractivity contribution in [1.82, 2.24) is 20.0 Å². The summed E-state index contributed by atoms with van der Waals surface area (Å²) in [6.45, 7) is 2.81. The number of carbonyl (C=O) groups is 1. The highest BCUT2D eigenvalue weighted by atomic mass is 16.5. The summed E-state index contributed by atoms with van der Waals surface area (Å²) >= 11 is 0. The molecule has 2 aromatic rings. The average Bonchev–Trinajstić information content (AvgIpc) is 2.98. The molecule has 0 aliphatic carbocycles. The van der Waals surface area contributed by atoms with E-state index < -0.39 is 0 Å². The molecule has 6 heteroatoms. The number of amides is 1. The molecule has 0 bridgehead atoms. The van der Waals surface area contributed by atoms with Gasteiger partial charge >= 0.3 is 0 Å². The number of nitrogens with one attached hydrogen (secondary N) is 2. The fraction of sp³-hybridized carbons (Fsp3) is 0.529. The molecule has 1 saturated heterocycles. The number of aromatic nitrogens is 2. The van der Waals surface area contributed by atoms with Gasteiger partial charge in [0.15, 0.2) is 0 Å². The Morgan fingerprint density at radius 3 is 3.00 bits per heavy atom. The molecule has 0 radical (unpaired) electrons. The Morgan fingerprint density at radius 1 is 1.43 bits per heavy atom. The maximum atomic E-state index is 12.6. The molecule has 1 aliphatic heterocycles. The van der Waals surface area contributed by atoms with Crippen LogP contribution < -0.4 is 10.6 Å². The Labute approximate surface area is 136 Å². The molecular formula is C17H24N4O2. The van der Waals surface area contributed by atoms with Crippen molar-refractivity contribution < 1.29 is 9.53 Å². The molecule has 1 amide bonds. The van der Waals surface area contributed by atoms with Crippen molar-refractivity contribution in [3.8, 4) is 0 Å². The molecule has 23 heavy (non-hydrogen) atoms. The van der Waals surface area contributed by atoms with E-state index in [4.69, 9.17) is 4.74 Å². The topological polar surface area (TPSA) is 67.7 Å². The minimum atomic E-state index is -0.390. The number of hydrogen-bond acceptors (Lipinski definition) is 4. The SMILES string of the molecule is COCC1(C(=O)NCCc2cn3ccccc3n2)CCNCC1. The largest absolute Gasteiger partial charge is 0.384 e. The van der Waals surface area contributed by atoms with Crippen LogP contribution in [-0.4, -0.2) is 48.6 Å². The van der Waals surface area contributed by atoms with E-state index in [-0.39, 0.29) is 11.3 Å². The highest BCUT2D eigenvalue weighted by Crippen LogP contribution is 2.29. The Hall–Kier alpha value is -1.92. The van der Waals surface area contributed by atoms with E-state index in [1.807, 2.05) is 35.0 Å². The maximum Gasteiger partial charge on any atom is 0.228 e. The van der Waals surface area contributed by atoms with Crippen LogP contribution in [0.25, 0.3) is 5.65 Å². The van der Waals surface area contributed by atoms with Crippen LogP contribution in [0.2, 0.25) is 0 Å². The van der Waals surface area contributed by atoms with Crippen LogP contribution in [0.1, 0.15) is 18.5 Å². The van der Waals surface area contributed by atoms with E-state index in [0.717, 1.165) is 43.7 Å². The lowest BCUT2D eigenvalue weighted by Gasteiger charge is -2.35. The van der Waals surface area contributed by atoms with Crippen LogP contribution in [0.4, 0.5) is 0 Å². The van der Waals surface area contributed by atoms with Crippen molar-refractivity contribution in [1.29, 1.82) is 0 Å². The molecule has 0 aromatic carbocycles. The van der Waals surface area contributed by atoms with Crippen molar-refractivity contribution in [3.05, 3.63) is 36.3 Å². The number of imidazole rings is 1. The van der Waals surface area contributed by atoms with Gasteiger partial charge in [0.25, 0.3) is 0 Å². The average molecular weight is 316 g/mol. The third kappa shape index (κ3) is 3.54. The second-order valence-electron chi connectivity index (χ2n) is 6.17. The van der Waals surface area contributed by atoms with E-state index in [2.05, 4.69) is 15.6 Å². The number of fused-ring (bicyclic) bond motifs is 1. The van der Waals surface area contributed by atoms with Crippen LogP contribution in [0.3, 0.4) is 0 Å². The molecule has 0 atom stereocenters. The molecule has 124 valence electrons. The minimum Gasteiger partial charge on any atom is -0.384 e. The first-order valence-electron chi connectivity index (χ1n) is 8.14. The van der Waals surface area contributed by atoms with Crippen molar-refractivity contribution in [2.45, 2.75) is 19.3 Å². The van der Waals surface area contributed by atoms with Gasteiger partial charge in [-0.2, -0.15) is 0 Å². The van der Waals surface area contributed by atoms with Gasteiger partial charge < -0.3 is 19.8 Å². The Bertz CT molecular complexity index is 623. The predicted molar refractivity (Wildman–Crippen MR) is 88.3 cm³/mol. The number of carbonyl (C=O) groups excluding carboxylic acids is 1. The van der Waals surface area contributed by atoms with Gasteiger partial charge in [-0.05, 0) is 38.1 Å². The summed E-state index contributed by atoms with van der Waals surface area (Å²) in [5.74, 6) is 0.101. The zero-order valence-electron chi connectivity index (χ0n) is 13.5. The molecule has 6 nitrogen and oxygen atoms in total. The molecular weight excluding hydrogens is 292 g/mol. The summed E-state index contributed by atoms with van der Waals surface area (Å²) in [4.78, 5) is 17.2. The standard InChI is InChI=1S/C17H24N4O2/c1-23-13-17(6-9-18-10-7-17)16(22)19-8-5-14-12-21-11-3-2-4-15(21)20-14/h2-4,11-12,18H,5-10,13H2,1H3,(H,19,22). The number of rotatable bonds is 6. The molecule has 1 aliphatic rings. The number of ether oxygens (including phenoxy) is 1. The lowest BCUT2D eigenvalue weighted by Crippen LogP contribution is -2.50. The smallest absolute Gasteiger partial charge is 0.228 e.